The fraction of sp³-hybridized carbons (Fsp3) is 0. The Hall–Kier alpha value is 2.20. The summed E-state index contributed by atoms with van der Waals surface area (Å²) < 4.78 is 0. The zero-order valence-corrected chi connectivity index (χ0v) is 10.9. The van der Waals surface area contributed by atoms with E-state index in [9.17, 15) is 0 Å². The predicted molar refractivity (Wildman–Crippen MR) is 20.9 cm³/mol. The molecule has 0 saturated carbocycles. The molecule has 0 amide bonds. The second-order valence-corrected chi connectivity index (χ2v) is 1.50. The molecule has 8 heteroatoms. The molecular formula is H2CaO5PbSi. The van der Waals surface area contributed by atoms with Gasteiger partial charge in [-0.1, -0.05) is 0 Å². The fourth-order valence-corrected chi connectivity index (χ4v) is 0. The minimum atomic E-state index is -5.61. The summed E-state index contributed by atoms with van der Waals surface area (Å²) in [5, 5.41) is 0. The molecule has 5 nitrogen and oxygen atoms in total. The molecule has 0 aliphatic rings. The van der Waals surface area contributed by atoms with Crippen LogP contribution < -0.4 is 19.2 Å². The molecule has 0 aromatic rings. The topological polar surface area (TPSA) is 124 Å². The molecule has 0 heterocycles. The zero-order chi connectivity index (χ0) is 4.50. The van der Waals surface area contributed by atoms with Gasteiger partial charge in [0.05, 0.1) is 0 Å². The van der Waals surface area contributed by atoms with Crippen molar-refractivity contribution in [2.45, 2.75) is 0 Å². The third kappa shape index (κ3) is 87.9. The first-order valence-corrected chi connectivity index (χ1v) is 2.45. The molecule has 0 aromatic heterocycles. The number of rotatable bonds is 0. The molecule has 8 heavy (non-hydrogen) atoms. The normalized spacial score (nSPS) is 7.50. The van der Waals surface area contributed by atoms with Crippen molar-refractivity contribution in [2.75, 3.05) is 0 Å². The monoisotopic (exact) mass is 358 g/mol. The summed E-state index contributed by atoms with van der Waals surface area (Å²) in [6, 6.07) is 0. The van der Waals surface area contributed by atoms with Crippen LogP contribution in [-0.2, 0) is 0 Å². The van der Waals surface area contributed by atoms with E-state index in [1.165, 1.54) is 0 Å². The Morgan fingerprint density at radius 1 is 0.875 bits per heavy atom. The fourth-order valence-electron chi connectivity index (χ4n) is 0. The first-order valence-electron chi connectivity index (χ1n) is 0.816. The molecule has 2 N–H and O–H groups in total. The van der Waals surface area contributed by atoms with Gasteiger partial charge in [-0.25, -0.2) is 0 Å². The van der Waals surface area contributed by atoms with E-state index in [-0.39, 0.29) is 70.5 Å². The molecule has 0 atom stereocenters. The van der Waals surface area contributed by atoms with Gasteiger partial charge in [-0.05, 0) is 0 Å². The van der Waals surface area contributed by atoms with Gasteiger partial charge in [-0.15, -0.1) is 0 Å². The van der Waals surface area contributed by atoms with Crippen LogP contribution in [0, 0.1) is 0 Å². The smallest absolute Gasteiger partial charge is 0.894 e. The second-order valence-electron chi connectivity index (χ2n) is 0.500. The van der Waals surface area contributed by atoms with Crippen molar-refractivity contribution in [2.24, 2.45) is 0 Å². The summed E-state index contributed by atoms with van der Waals surface area (Å²) in [7, 11) is -5.61. The van der Waals surface area contributed by atoms with Gasteiger partial charge in [0.2, 0.25) is 0 Å². The van der Waals surface area contributed by atoms with E-state index in [4.69, 9.17) is 19.2 Å². The molecule has 0 spiro atoms. The summed E-state index contributed by atoms with van der Waals surface area (Å²) >= 11 is 0. The van der Waals surface area contributed by atoms with Crippen molar-refractivity contribution in [1.82, 2.24) is 0 Å². The van der Waals surface area contributed by atoms with E-state index in [2.05, 4.69) is 0 Å². The molecular weight excluding hydrogens is 355 g/mol. The Morgan fingerprint density at radius 2 is 0.875 bits per heavy atom. The SMILES string of the molecule is O.[Ca+2].[O-][Si]([O-])([O-])[O-].[Pb+2]. The molecule has 2 radical (unpaired) electrons. The van der Waals surface area contributed by atoms with Crippen LogP contribution in [0.2, 0.25) is 0 Å². The van der Waals surface area contributed by atoms with Crippen molar-refractivity contribution in [1.29, 1.82) is 0 Å². The van der Waals surface area contributed by atoms with Crippen LogP contribution in [0.25, 0.3) is 0 Å². The van der Waals surface area contributed by atoms with Crippen LogP contribution in [0.5, 0.6) is 0 Å². The Kier molecular flexibility index (Phi) is 25.8. The molecule has 0 saturated heterocycles. The zero-order valence-electron chi connectivity index (χ0n) is 3.84. The van der Waals surface area contributed by atoms with Crippen LogP contribution in [0.3, 0.4) is 0 Å². The van der Waals surface area contributed by atoms with Gasteiger partial charge in [0.25, 0.3) is 0 Å². The summed E-state index contributed by atoms with van der Waals surface area (Å²) in [5.74, 6) is 0. The van der Waals surface area contributed by atoms with Crippen LogP contribution in [0.15, 0.2) is 0 Å². The number of hydrogen-bond acceptors (Lipinski definition) is 4. The third-order valence-electron chi connectivity index (χ3n) is 0. The minimum absolute atomic E-state index is 0. The quantitative estimate of drug-likeness (QED) is 0.400. The van der Waals surface area contributed by atoms with E-state index in [1.54, 1.807) is 0 Å². The van der Waals surface area contributed by atoms with Crippen molar-refractivity contribution < 1.29 is 24.7 Å². The summed E-state index contributed by atoms with van der Waals surface area (Å²) in [4.78, 5) is 34.3. The number of hydrogen-bond donors (Lipinski definition) is 0. The summed E-state index contributed by atoms with van der Waals surface area (Å²) in [5.41, 5.74) is 0. The van der Waals surface area contributed by atoms with Gasteiger partial charge >= 0.3 is 65.0 Å². The van der Waals surface area contributed by atoms with Gasteiger partial charge in [-0.3, -0.25) is 0 Å². The maximum atomic E-state index is 8.58. The standard InChI is InChI=1S/Ca.O4Si.H2O.Pb/c;1-5(2,3)4;;/h;;1H2;/q+2;-4;;+2. The average molecular weight is 357 g/mol. The molecule has 0 unspecified atom stereocenters. The minimum Gasteiger partial charge on any atom is -0.894 e. The van der Waals surface area contributed by atoms with Crippen LogP contribution >= 0.6 is 0 Å². The first-order chi connectivity index (χ1) is 2.00. The molecule has 0 aliphatic heterocycles. The Bertz CT molecular complexity index is 27.9. The maximum Gasteiger partial charge on any atom is 2.00 e. The Balaban J connectivity index is -0.0000000267. The van der Waals surface area contributed by atoms with E-state index >= 15 is 0 Å². The molecule has 0 aromatic carbocycles. The largest absolute Gasteiger partial charge is 2.00 e. The molecule has 0 aliphatic carbocycles. The molecule has 0 rings (SSSR count). The summed E-state index contributed by atoms with van der Waals surface area (Å²) in [6.07, 6.45) is 0. The molecule has 0 fully saturated rings. The van der Waals surface area contributed by atoms with Gasteiger partial charge < -0.3 is 33.7 Å². The van der Waals surface area contributed by atoms with E-state index in [0.717, 1.165) is 0 Å². The Labute approximate surface area is 97.3 Å². The predicted octanol–water partition coefficient (Wildman–Crippen LogP) is -6.72. The van der Waals surface area contributed by atoms with Crippen molar-refractivity contribution in [3.05, 3.63) is 0 Å². The van der Waals surface area contributed by atoms with Crippen molar-refractivity contribution in [3.8, 4) is 0 Å². The average Bonchev–Trinajstić information content (AvgIpc) is 0.722. The van der Waals surface area contributed by atoms with Gasteiger partial charge in [0.1, 0.15) is 0 Å². The van der Waals surface area contributed by atoms with E-state index < -0.39 is 9.05 Å². The molecule has 42 valence electrons. The third-order valence-corrected chi connectivity index (χ3v) is 0. The maximum absolute atomic E-state index is 8.58. The Morgan fingerprint density at radius 3 is 0.875 bits per heavy atom. The van der Waals surface area contributed by atoms with Crippen LogP contribution in [0.1, 0.15) is 0 Å². The van der Waals surface area contributed by atoms with E-state index in [0.29, 0.717) is 0 Å². The van der Waals surface area contributed by atoms with Crippen molar-refractivity contribution in [3.63, 3.8) is 0 Å². The van der Waals surface area contributed by atoms with Gasteiger partial charge in [0, 0.05) is 0 Å². The van der Waals surface area contributed by atoms with Crippen LogP contribution in [0.4, 0.5) is 0 Å². The first kappa shape index (κ1) is 22.5. The van der Waals surface area contributed by atoms with Gasteiger partial charge in [-0.2, -0.15) is 0 Å². The second kappa shape index (κ2) is 9.20. The van der Waals surface area contributed by atoms with Crippen molar-refractivity contribution >= 4 is 74.1 Å². The van der Waals surface area contributed by atoms with Gasteiger partial charge in [0.15, 0.2) is 0 Å². The van der Waals surface area contributed by atoms with E-state index in [1.807, 2.05) is 0 Å². The molecule has 0 bridgehead atoms. The summed E-state index contributed by atoms with van der Waals surface area (Å²) in [6.45, 7) is 0. The van der Waals surface area contributed by atoms with Crippen LogP contribution in [-0.4, -0.2) is 79.6 Å².